The van der Waals surface area contributed by atoms with Gasteiger partial charge >= 0.3 is 0 Å². The number of hydrogen-bond donors (Lipinski definition) is 1. The van der Waals surface area contributed by atoms with E-state index in [0.717, 1.165) is 11.6 Å². The standard InChI is InChI=1S/C18H24N2S/c1-5-19-14(4)16-10-11-20-18(12-16)21-17-8-6-15(7-9-17)13(2)3/h6-14,19H,5H2,1-4H3. The summed E-state index contributed by atoms with van der Waals surface area (Å²) < 4.78 is 0. The van der Waals surface area contributed by atoms with Gasteiger partial charge in [0, 0.05) is 17.1 Å². The van der Waals surface area contributed by atoms with Crippen molar-refractivity contribution in [2.24, 2.45) is 0 Å². The molecule has 1 N–H and O–H groups in total. The maximum atomic E-state index is 4.47. The lowest BCUT2D eigenvalue weighted by atomic mass is 10.0. The largest absolute Gasteiger partial charge is 0.310 e. The molecule has 1 atom stereocenters. The van der Waals surface area contributed by atoms with E-state index in [1.54, 1.807) is 11.8 Å². The highest BCUT2D eigenvalue weighted by atomic mass is 32.2. The molecule has 0 saturated heterocycles. The molecule has 0 fully saturated rings. The summed E-state index contributed by atoms with van der Waals surface area (Å²) in [5.74, 6) is 0.575. The Bertz CT molecular complexity index is 564. The summed E-state index contributed by atoms with van der Waals surface area (Å²) >= 11 is 1.72. The fraction of sp³-hybridized carbons (Fsp3) is 0.389. The molecule has 2 nitrogen and oxygen atoms in total. The smallest absolute Gasteiger partial charge is 0.101 e. The zero-order valence-electron chi connectivity index (χ0n) is 13.3. The number of pyridine rings is 1. The summed E-state index contributed by atoms with van der Waals surface area (Å²) in [5.41, 5.74) is 2.66. The van der Waals surface area contributed by atoms with Crippen molar-refractivity contribution in [3.8, 4) is 0 Å². The van der Waals surface area contributed by atoms with Crippen molar-refractivity contribution in [1.82, 2.24) is 10.3 Å². The molecule has 0 aliphatic carbocycles. The average molecular weight is 300 g/mol. The zero-order chi connectivity index (χ0) is 15.2. The molecule has 0 amide bonds. The van der Waals surface area contributed by atoms with Crippen LogP contribution in [0.2, 0.25) is 0 Å². The van der Waals surface area contributed by atoms with Gasteiger partial charge in [-0.05, 0) is 54.8 Å². The van der Waals surface area contributed by atoms with Crippen LogP contribution in [0.1, 0.15) is 50.8 Å². The summed E-state index contributed by atoms with van der Waals surface area (Å²) in [7, 11) is 0. The summed E-state index contributed by atoms with van der Waals surface area (Å²) in [5, 5.41) is 4.49. The molecular weight excluding hydrogens is 276 g/mol. The van der Waals surface area contributed by atoms with Crippen molar-refractivity contribution < 1.29 is 0 Å². The predicted molar refractivity (Wildman–Crippen MR) is 91.0 cm³/mol. The lowest BCUT2D eigenvalue weighted by molar-refractivity contribution is 0.596. The molecular formula is C18H24N2S. The van der Waals surface area contributed by atoms with Crippen LogP contribution in [-0.2, 0) is 0 Å². The maximum absolute atomic E-state index is 4.47. The Morgan fingerprint density at radius 3 is 2.38 bits per heavy atom. The first kappa shape index (κ1) is 16.1. The molecule has 0 radical (unpaired) electrons. The van der Waals surface area contributed by atoms with Crippen LogP contribution in [0.3, 0.4) is 0 Å². The second kappa shape index (κ2) is 7.62. The van der Waals surface area contributed by atoms with Crippen molar-refractivity contribution in [2.45, 2.75) is 49.6 Å². The van der Waals surface area contributed by atoms with E-state index in [1.807, 2.05) is 6.20 Å². The topological polar surface area (TPSA) is 24.9 Å². The molecule has 0 aliphatic rings. The van der Waals surface area contributed by atoms with Gasteiger partial charge in [-0.15, -0.1) is 0 Å². The van der Waals surface area contributed by atoms with Crippen molar-refractivity contribution >= 4 is 11.8 Å². The lowest BCUT2D eigenvalue weighted by Gasteiger charge is -2.13. The molecule has 0 aliphatic heterocycles. The fourth-order valence-electron chi connectivity index (χ4n) is 2.22. The Labute approximate surface area is 132 Å². The number of nitrogens with one attached hydrogen (secondary N) is 1. The molecule has 3 heteroatoms. The minimum Gasteiger partial charge on any atom is -0.310 e. The average Bonchev–Trinajstić information content (AvgIpc) is 2.48. The van der Waals surface area contributed by atoms with E-state index in [9.17, 15) is 0 Å². The number of rotatable bonds is 6. The van der Waals surface area contributed by atoms with Crippen LogP contribution in [0.5, 0.6) is 0 Å². The second-order valence-electron chi connectivity index (χ2n) is 5.53. The van der Waals surface area contributed by atoms with E-state index >= 15 is 0 Å². The van der Waals surface area contributed by atoms with Crippen molar-refractivity contribution in [3.05, 3.63) is 53.7 Å². The van der Waals surface area contributed by atoms with Crippen LogP contribution in [0.15, 0.2) is 52.5 Å². The minimum absolute atomic E-state index is 0.362. The van der Waals surface area contributed by atoms with Gasteiger partial charge in [0.25, 0.3) is 0 Å². The van der Waals surface area contributed by atoms with Gasteiger partial charge in [-0.1, -0.05) is 44.7 Å². The molecule has 1 unspecified atom stereocenters. The third kappa shape index (κ3) is 4.58. The third-order valence-electron chi connectivity index (χ3n) is 3.54. The first-order chi connectivity index (χ1) is 10.1. The number of hydrogen-bond acceptors (Lipinski definition) is 3. The number of benzene rings is 1. The van der Waals surface area contributed by atoms with Gasteiger partial charge in [0.2, 0.25) is 0 Å². The van der Waals surface area contributed by atoms with Gasteiger partial charge in [0.05, 0.1) is 0 Å². The van der Waals surface area contributed by atoms with Gasteiger partial charge < -0.3 is 5.32 Å². The molecule has 2 aromatic rings. The van der Waals surface area contributed by atoms with Crippen LogP contribution in [0, 0.1) is 0 Å². The Balaban J connectivity index is 2.10. The van der Waals surface area contributed by atoms with Gasteiger partial charge in [0.1, 0.15) is 5.03 Å². The molecule has 2 rings (SSSR count). The van der Waals surface area contributed by atoms with E-state index in [4.69, 9.17) is 0 Å². The molecule has 21 heavy (non-hydrogen) atoms. The number of aromatic nitrogens is 1. The van der Waals surface area contributed by atoms with Crippen LogP contribution < -0.4 is 5.32 Å². The Hall–Kier alpha value is -1.32. The number of nitrogens with zero attached hydrogens (tertiary/aromatic N) is 1. The van der Waals surface area contributed by atoms with E-state index in [2.05, 4.69) is 74.4 Å². The second-order valence-corrected chi connectivity index (χ2v) is 6.63. The van der Waals surface area contributed by atoms with Gasteiger partial charge in [-0.2, -0.15) is 0 Å². The molecule has 0 spiro atoms. The Morgan fingerprint density at radius 1 is 1.05 bits per heavy atom. The lowest BCUT2D eigenvalue weighted by Crippen LogP contribution is -2.17. The van der Waals surface area contributed by atoms with Crippen molar-refractivity contribution in [2.75, 3.05) is 6.54 Å². The van der Waals surface area contributed by atoms with Gasteiger partial charge in [-0.25, -0.2) is 4.98 Å². The normalized spacial score (nSPS) is 12.6. The summed E-state index contributed by atoms with van der Waals surface area (Å²) in [4.78, 5) is 5.71. The highest BCUT2D eigenvalue weighted by molar-refractivity contribution is 7.99. The molecule has 0 saturated carbocycles. The Kier molecular flexibility index (Phi) is 5.83. The molecule has 0 bridgehead atoms. The fourth-order valence-corrected chi connectivity index (χ4v) is 3.04. The highest BCUT2D eigenvalue weighted by Gasteiger charge is 2.06. The monoisotopic (exact) mass is 300 g/mol. The molecule has 1 aromatic heterocycles. The summed E-state index contributed by atoms with van der Waals surface area (Å²) in [6.07, 6.45) is 1.90. The van der Waals surface area contributed by atoms with Crippen molar-refractivity contribution in [3.63, 3.8) is 0 Å². The minimum atomic E-state index is 0.362. The highest BCUT2D eigenvalue weighted by Crippen LogP contribution is 2.28. The van der Waals surface area contributed by atoms with Crippen molar-refractivity contribution in [1.29, 1.82) is 0 Å². The molecule has 1 heterocycles. The van der Waals surface area contributed by atoms with Crippen LogP contribution in [0.25, 0.3) is 0 Å². The van der Waals surface area contributed by atoms with E-state index < -0.39 is 0 Å². The predicted octanol–water partition coefficient (Wildman–Crippen LogP) is 5.03. The third-order valence-corrected chi connectivity index (χ3v) is 4.48. The van der Waals surface area contributed by atoms with Gasteiger partial charge in [0.15, 0.2) is 0 Å². The first-order valence-corrected chi connectivity index (χ1v) is 8.39. The van der Waals surface area contributed by atoms with Gasteiger partial charge in [-0.3, -0.25) is 0 Å². The van der Waals surface area contributed by atoms with E-state index in [-0.39, 0.29) is 0 Å². The molecule has 112 valence electrons. The van der Waals surface area contributed by atoms with Crippen LogP contribution in [-0.4, -0.2) is 11.5 Å². The van der Waals surface area contributed by atoms with Crippen LogP contribution >= 0.6 is 11.8 Å². The Morgan fingerprint density at radius 2 is 1.76 bits per heavy atom. The zero-order valence-corrected chi connectivity index (χ0v) is 14.1. The van der Waals surface area contributed by atoms with Crippen LogP contribution in [0.4, 0.5) is 0 Å². The quantitative estimate of drug-likeness (QED) is 0.810. The maximum Gasteiger partial charge on any atom is 0.101 e. The summed E-state index contributed by atoms with van der Waals surface area (Å²) in [6, 6.07) is 13.4. The summed E-state index contributed by atoms with van der Waals surface area (Å²) in [6.45, 7) is 9.72. The SMILES string of the molecule is CCNC(C)c1ccnc(Sc2ccc(C(C)C)cc2)c1. The van der Waals surface area contributed by atoms with E-state index in [1.165, 1.54) is 16.0 Å². The van der Waals surface area contributed by atoms with E-state index in [0.29, 0.717) is 12.0 Å². The molecule has 1 aromatic carbocycles. The first-order valence-electron chi connectivity index (χ1n) is 7.57.